The molecular weight excluding hydrogens is 502 g/mol. The lowest BCUT2D eigenvalue weighted by Crippen LogP contribution is -2.50. The lowest BCUT2D eigenvalue weighted by atomic mass is 10.1. The number of aromatic amines is 2. The van der Waals surface area contributed by atoms with Crippen molar-refractivity contribution in [1.82, 2.24) is 34.7 Å². The van der Waals surface area contributed by atoms with Crippen LogP contribution in [0.1, 0.15) is 20.8 Å². The van der Waals surface area contributed by atoms with Crippen molar-refractivity contribution in [3.05, 3.63) is 102 Å². The Morgan fingerprint density at radius 3 is 1.90 bits per heavy atom. The normalized spacial score (nSPS) is 13.7. The molecule has 7 rings (SSSR count). The number of benzene rings is 3. The molecule has 1 aliphatic heterocycles. The van der Waals surface area contributed by atoms with Gasteiger partial charge in [-0.3, -0.25) is 9.59 Å². The van der Waals surface area contributed by atoms with E-state index in [2.05, 4.69) is 24.9 Å². The minimum absolute atomic E-state index is 0.0601. The summed E-state index contributed by atoms with van der Waals surface area (Å²) in [6.45, 7) is 1.76. The van der Waals surface area contributed by atoms with Gasteiger partial charge < -0.3 is 19.8 Å². The zero-order valence-electron chi connectivity index (χ0n) is 21.5. The molecule has 1 aliphatic rings. The fraction of sp³-hybridized carbons (Fsp3) is 0.129. The van der Waals surface area contributed by atoms with Crippen LogP contribution in [0.15, 0.2) is 91.0 Å². The van der Waals surface area contributed by atoms with Gasteiger partial charge in [0.2, 0.25) is 0 Å². The van der Waals surface area contributed by atoms with Crippen molar-refractivity contribution in [2.24, 2.45) is 0 Å². The van der Waals surface area contributed by atoms with Crippen LogP contribution >= 0.6 is 0 Å². The number of H-pyrrole nitrogens is 2. The smallest absolute Gasteiger partial charge is 0.272 e. The lowest BCUT2D eigenvalue weighted by molar-refractivity contribution is 0.0532. The summed E-state index contributed by atoms with van der Waals surface area (Å²) < 4.78 is 0. The zero-order valence-corrected chi connectivity index (χ0v) is 21.5. The van der Waals surface area contributed by atoms with Crippen molar-refractivity contribution in [1.29, 1.82) is 0 Å². The number of aromatic nitrogens is 5. The van der Waals surface area contributed by atoms with E-state index < -0.39 is 0 Å². The first kappa shape index (κ1) is 23.8. The molecule has 0 radical (unpaired) electrons. The Balaban J connectivity index is 1.03. The molecule has 40 heavy (non-hydrogen) atoms. The van der Waals surface area contributed by atoms with Crippen molar-refractivity contribution in [2.75, 3.05) is 26.2 Å². The Morgan fingerprint density at radius 2 is 1.20 bits per heavy atom. The lowest BCUT2D eigenvalue weighted by Gasteiger charge is -2.34. The highest BCUT2D eigenvalue weighted by Crippen LogP contribution is 2.23. The number of rotatable bonds is 4. The Kier molecular flexibility index (Phi) is 5.81. The molecular formula is C31H25N7O2. The maximum Gasteiger partial charge on any atom is 0.272 e. The molecule has 0 atom stereocenters. The van der Waals surface area contributed by atoms with Gasteiger partial charge in [-0.25, -0.2) is 15.0 Å². The SMILES string of the molecule is O=C(c1cccc(-c2nc3ccccc3[nH]2)c1)N1CCN(C(=O)c2cccc(-c3nc4ccccc4[nH]3)n2)CC1. The molecule has 0 unspecified atom stereocenters. The van der Waals surface area contributed by atoms with Gasteiger partial charge in [0.1, 0.15) is 17.2 Å². The highest BCUT2D eigenvalue weighted by molar-refractivity contribution is 5.96. The summed E-state index contributed by atoms with van der Waals surface area (Å²) in [4.78, 5) is 50.6. The molecule has 196 valence electrons. The Labute approximate surface area is 229 Å². The van der Waals surface area contributed by atoms with Gasteiger partial charge in [0.05, 0.1) is 22.1 Å². The van der Waals surface area contributed by atoms with Gasteiger partial charge in [-0.05, 0) is 48.5 Å². The third-order valence-electron chi connectivity index (χ3n) is 7.23. The number of nitrogens with zero attached hydrogens (tertiary/aromatic N) is 5. The van der Waals surface area contributed by atoms with E-state index in [1.807, 2.05) is 84.9 Å². The summed E-state index contributed by atoms with van der Waals surface area (Å²) in [7, 11) is 0. The summed E-state index contributed by atoms with van der Waals surface area (Å²) >= 11 is 0. The number of imidazole rings is 2. The van der Waals surface area contributed by atoms with Crippen LogP contribution < -0.4 is 0 Å². The average molecular weight is 528 g/mol. The van der Waals surface area contributed by atoms with Crippen molar-refractivity contribution < 1.29 is 9.59 Å². The number of hydrogen-bond acceptors (Lipinski definition) is 5. The molecule has 0 saturated carbocycles. The van der Waals surface area contributed by atoms with Crippen molar-refractivity contribution in [3.8, 4) is 22.9 Å². The highest BCUT2D eigenvalue weighted by atomic mass is 16.2. The summed E-state index contributed by atoms with van der Waals surface area (Å²) in [5.74, 6) is 1.13. The maximum atomic E-state index is 13.3. The standard InChI is InChI=1S/C31H25N7O2/c39-30(21-8-5-7-20(19-21)28-33-22-9-1-2-10-23(22)34-28)37-15-17-38(18-16-37)31(40)27-14-6-13-26(32-27)29-35-24-11-3-4-12-25(24)36-29/h1-14,19H,15-18H2,(H,33,34)(H,35,36). The molecule has 4 heterocycles. The number of hydrogen-bond donors (Lipinski definition) is 2. The van der Waals surface area contributed by atoms with Crippen LogP contribution in [0, 0.1) is 0 Å². The first-order chi connectivity index (χ1) is 19.6. The second kappa shape index (κ2) is 9.77. The molecule has 2 amide bonds. The molecule has 0 spiro atoms. The van der Waals surface area contributed by atoms with E-state index in [4.69, 9.17) is 0 Å². The van der Waals surface area contributed by atoms with Gasteiger partial charge in [-0.2, -0.15) is 0 Å². The molecule has 0 bridgehead atoms. The van der Waals surface area contributed by atoms with Crippen molar-refractivity contribution >= 4 is 33.9 Å². The van der Waals surface area contributed by atoms with Crippen LogP contribution in [0.4, 0.5) is 0 Å². The minimum atomic E-state index is -0.156. The molecule has 2 N–H and O–H groups in total. The number of amides is 2. The van der Waals surface area contributed by atoms with Crippen LogP contribution in [-0.2, 0) is 0 Å². The van der Waals surface area contributed by atoms with E-state index in [0.29, 0.717) is 49.0 Å². The van der Waals surface area contributed by atoms with Crippen molar-refractivity contribution in [3.63, 3.8) is 0 Å². The fourth-order valence-corrected chi connectivity index (χ4v) is 5.11. The third kappa shape index (κ3) is 4.37. The average Bonchev–Trinajstić information content (AvgIpc) is 3.65. The van der Waals surface area contributed by atoms with Crippen LogP contribution in [0.5, 0.6) is 0 Å². The first-order valence-corrected chi connectivity index (χ1v) is 13.2. The predicted molar refractivity (Wildman–Crippen MR) is 153 cm³/mol. The molecule has 9 nitrogen and oxygen atoms in total. The number of para-hydroxylation sites is 4. The fourth-order valence-electron chi connectivity index (χ4n) is 5.11. The number of carbonyl (C=O) groups excluding carboxylic acids is 2. The third-order valence-corrected chi connectivity index (χ3v) is 7.23. The van der Waals surface area contributed by atoms with E-state index in [-0.39, 0.29) is 11.8 Å². The van der Waals surface area contributed by atoms with Crippen LogP contribution in [0.2, 0.25) is 0 Å². The Hall–Kier alpha value is -5.31. The molecule has 1 fully saturated rings. The van der Waals surface area contributed by atoms with Gasteiger partial charge in [-0.15, -0.1) is 0 Å². The van der Waals surface area contributed by atoms with Crippen LogP contribution in [0.3, 0.4) is 0 Å². The van der Waals surface area contributed by atoms with Crippen molar-refractivity contribution in [2.45, 2.75) is 0 Å². The Bertz CT molecular complexity index is 1680. The summed E-state index contributed by atoms with van der Waals surface area (Å²) in [5.41, 5.74) is 6.01. The van der Waals surface area contributed by atoms with E-state index in [1.54, 1.807) is 15.9 Å². The molecule has 0 aliphatic carbocycles. The van der Waals surface area contributed by atoms with Crippen LogP contribution in [-0.4, -0.2) is 72.7 Å². The van der Waals surface area contributed by atoms with E-state index >= 15 is 0 Å². The number of pyridine rings is 1. The summed E-state index contributed by atoms with van der Waals surface area (Å²) in [6.07, 6.45) is 0. The number of nitrogens with one attached hydrogen (secondary N) is 2. The monoisotopic (exact) mass is 527 g/mol. The predicted octanol–water partition coefficient (Wildman–Crippen LogP) is 4.77. The molecule has 3 aromatic heterocycles. The van der Waals surface area contributed by atoms with E-state index in [0.717, 1.165) is 33.5 Å². The van der Waals surface area contributed by atoms with E-state index in [9.17, 15) is 9.59 Å². The topological polar surface area (TPSA) is 111 Å². The zero-order chi connectivity index (χ0) is 27.1. The number of fused-ring (bicyclic) bond motifs is 2. The molecule has 9 heteroatoms. The van der Waals surface area contributed by atoms with Crippen LogP contribution in [0.25, 0.3) is 45.0 Å². The van der Waals surface area contributed by atoms with Gasteiger partial charge in [0.25, 0.3) is 11.8 Å². The number of piperazine rings is 1. The second-order valence-electron chi connectivity index (χ2n) is 9.78. The number of carbonyl (C=O) groups is 2. The van der Waals surface area contributed by atoms with E-state index in [1.165, 1.54) is 0 Å². The first-order valence-electron chi connectivity index (χ1n) is 13.2. The summed E-state index contributed by atoms with van der Waals surface area (Å²) in [6, 6.07) is 28.5. The Morgan fingerprint density at radius 1 is 0.600 bits per heavy atom. The second-order valence-corrected chi connectivity index (χ2v) is 9.78. The highest BCUT2D eigenvalue weighted by Gasteiger charge is 2.26. The van der Waals surface area contributed by atoms with Gasteiger partial charge in [0, 0.05) is 37.3 Å². The molecule has 3 aromatic carbocycles. The van der Waals surface area contributed by atoms with Gasteiger partial charge in [0.15, 0.2) is 5.82 Å². The largest absolute Gasteiger partial charge is 0.338 e. The quantitative estimate of drug-likeness (QED) is 0.343. The molecule has 1 saturated heterocycles. The molecule has 6 aromatic rings. The maximum absolute atomic E-state index is 13.3. The summed E-state index contributed by atoms with van der Waals surface area (Å²) in [5, 5.41) is 0. The minimum Gasteiger partial charge on any atom is -0.338 e. The van der Waals surface area contributed by atoms with Gasteiger partial charge in [-0.1, -0.05) is 42.5 Å². The van der Waals surface area contributed by atoms with Gasteiger partial charge >= 0.3 is 0 Å².